The summed E-state index contributed by atoms with van der Waals surface area (Å²) in [6.07, 6.45) is 1.87. The lowest BCUT2D eigenvalue weighted by Gasteiger charge is -2.29. The molecule has 0 unspecified atom stereocenters. The van der Waals surface area contributed by atoms with Crippen molar-refractivity contribution in [3.63, 3.8) is 0 Å². The smallest absolute Gasteiger partial charge is 0.225 e. The second-order valence-electron chi connectivity index (χ2n) is 7.37. The lowest BCUT2D eigenvalue weighted by Crippen LogP contribution is -2.42. The third kappa shape index (κ3) is 5.10. The number of hydrogen-bond donors (Lipinski definition) is 1. The quantitative estimate of drug-likeness (QED) is 0.823. The molecule has 2 rings (SSSR count). The number of amides is 2. The van der Waals surface area contributed by atoms with Gasteiger partial charge in [-0.2, -0.15) is 0 Å². The minimum atomic E-state index is -0.271. The topological polar surface area (TPSA) is 65.8 Å². The number of furan rings is 1. The maximum Gasteiger partial charge on any atom is 0.225 e. The predicted molar refractivity (Wildman–Crippen MR) is 87.6 cm³/mol. The fourth-order valence-corrected chi connectivity index (χ4v) is 3.07. The van der Waals surface area contributed by atoms with Crippen LogP contribution in [0.15, 0.2) is 22.8 Å². The zero-order valence-electron chi connectivity index (χ0n) is 14.5. The van der Waals surface area contributed by atoms with E-state index in [4.69, 9.17) is 4.42 Å². The highest BCUT2D eigenvalue weighted by atomic mass is 16.3. The van der Waals surface area contributed by atoms with E-state index in [0.717, 1.165) is 12.3 Å². The van der Waals surface area contributed by atoms with Gasteiger partial charge >= 0.3 is 0 Å². The molecule has 1 aromatic heterocycles. The van der Waals surface area contributed by atoms with Crippen molar-refractivity contribution in [3.05, 3.63) is 24.2 Å². The van der Waals surface area contributed by atoms with Crippen LogP contribution in [0, 0.1) is 11.3 Å². The standard InChI is InChI=1S/C17H27N3O3/c1-17(2,12-19(3)4)11-18-16(22)13-8-15(21)20(9-13)10-14-6-5-7-23-14/h5-7,13H,8-12H2,1-4H3,(H,18,22)/t13-/m0/s1. The first-order chi connectivity index (χ1) is 10.8. The van der Waals surface area contributed by atoms with Crippen LogP contribution in [0.2, 0.25) is 0 Å². The summed E-state index contributed by atoms with van der Waals surface area (Å²) in [5.41, 5.74) is -0.00434. The number of hydrogen-bond acceptors (Lipinski definition) is 4. The Morgan fingerprint density at radius 3 is 2.83 bits per heavy atom. The van der Waals surface area contributed by atoms with Crippen LogP contribution >= 0.6 is 0 Å². The maximum absolute atomic E-state index is 12.3. The molecule has 1 atom stereocenters. The third-order valence-electron chi connectivity index (χ3n) is 4.00. The average Bonchev–Trinajstić information content (AvgIpc) is 3.06. The molecule has 23 heavy (non-hydrogen) atoms. The fraction of sp³-hybridized carbons (Fsp3) is 0.647. The van der Waals surface area contributed by atoms with E-state index in [1.807, 2.05) is 20.2 Å². The first-order valence-corrected chi connectivity index (χ1v) is 7.99. The van der Waals surface area contributed by atoms with E-state index in [2.05, 4.69) is 24.1 Å². The summed E-state index contributed by atoms with van der Waals surface area (Å²) in [7, 11) is 4.04. The molecule has 1 fully saturated rings. The Morgan fingerprint density at radius 1 is 1.48 bits per heavy atom. The monoisotopic (exact) mass is 321 g/mol. The highest BCUT2D eigenvalue weighted by Gasteiger charge is 2.35. The average molecular weight is 321 g/mol. The molecule has 0 radical (unpaired) electrons. The third-order valence-corrected chi connectivity index (χ3v) is 4.00. The van der Waals surface area contributed by atoms with Gasteiger partial charge in [0.2, 0.25) is 11.8 Å². The molecular formula is C17H27N3O3. The highest BCUT2D eigenvalue weighted by molar-refractivity contribution is 5.89. The van der Waals surface area contributed by atoms with Gasteiger partial charge in [-0.1, -0.05) is 13.8 Å². The second-order valence-corrected chi connectivity index (χ2v) is 7.37. The van der Waals surface area contributed by atoms with Crippen LogP contribution in [-0.4, -0.2) is 55.3 Å². The van der Waals surface area contributed by atoms with Crippen LogP contribution in [0.25, 0.3) is 0 Å². The molecule has 128 valence electrons. The molecule has 1 N–H and O–H groups in total. The second kappa shape index (κ2) is 7.17. The van der Waals surface area contributed by atoms with Gasteiger partial charge in [-0.15, -0.1) is 0 Å². The van der Waals surface area contributed by atoms with E-state index >= 15 is 0 Å². The van der Waals surface area contributed by atoms with Crippen molar-refractivity contribution in [2.24, 2.45) is 11.3 Å². The molecule has 1 aliphatic heterocycles. The minimum absolute atomic E-state index is 0.00434. The fourth-order valence-electron chi connectivity index (χ4n) is 3.07. The van der Waals surface area contributed by atoms with E-state index in [9.17, 15) is 9.59 Å². The molecule has 0 aromatic carbocycles. The van der Waals surface area contributed by atoms with Crippen LogP contribution < -0.4 is 5.32 Å². The highest BCUT2D eigenvalue weighted by Crippen LogP contribution is 2.21. The Hall–Kier alpha value is -1.82. The van der Waals surface area contributed by atoms with Crippen molar-refractivity contribution in [1.29, 1.82) is 0 Å². The summed E-state index contributed by atoms with van der Waals surface area (Å²) in [6.45, 7) is 6.63. The summed E-state index contributed by atoms with van der Waals surface area (Å²) in [6, 6.07) is 3.64. The van der Waals surface area contributed by atoms with Crippen molar-refractivity contribution in [1.82, 2.24) is 15.1 Å². The zero-order chi connectivity index (χ0) is 17.0. The van der Waals surface area contributed by atoms with Gasteiger partial charge in [-0.25, -0.2) is 0 Å². The molecule has 0 spiro atoms. The van der Waals surface area contributed by atoms with E-state index in [1.165, 1.54) is 0 Å². The van der Waals surface area contributed by atoms with Gasteiger partial charge in [-0.05, 0) is 31.6 Å². The molecule has 1 aromatic rings. The van der Waals surface area contributed by atoms with E-state index in [-0.39, 0.29) is 29.6 Å². The molecule has 1 aliphatic rings. The van der Waals surface area contributed by atoms with Gasteiger partial charge in [0.15, 0.2) is 0 Å². The van der Waals surface area contributed by atoms with E-state index in [0.29, 0.717) is 19.6 Å². The SMILES string of the molecule is CN(C)CC(C)(C)CNC(=O)[C@H]1CC(=O)N(Cc2ccco2)C1. The van der Waals surface area contributed by atoms with Gasteiger partial charge in [0.05, 0.1) is 18.7 Å². The number of rotatable bonds is 7. The van der Waals surface area contributed by atoms with E-state index < -0.39 is 0 Å². The van der Waals surface area contributed by atoms with Gasteiger partial charge in [-0.3, -0.25) is 9.59 Å². The molecule has 0 saturated carbocycles. The molecule has 0 bridgehead atoms. The van der Waals surface area contributed by atoms with Crippen molar-refractivity contribution in [2.75, 3.05) is 33.7 Å². The number of nitrogens with one attached hydrogen (secondary N) is 1. The molecule has 6 heteroatoms. The Bertz CT molecular complexity index is 537. The van der Waals surface area contributed by atoms with Crippen molar-refractivity contribution in [3.8, 4) is 0 Å². The van der Waals surface area contributed by atoms with Crippen LogP contribution in [0.3, 0.4) is 0 Å². The van der Waals surface area contributed by atoms with Crippen LogP contribution in [-0.2, 0) is 16.1 Å². The predicted octanol–water partition coefficient (Wildman–Crippen LogP) is 1.33. The zero-order valence-corrected chi connectivity index (χ0v) is 14.5. The molecular weight excluding hydrogens is 294 g/mol. The molecule has 2 heterocycles. The molecule has 6 nitrogen and oxygen atoms in total. The van der Waals surface area contributed by atoms with Crippen LogP contribution in [0.4, 0.5) is 0 Å². The number of nitrogens with zero attached hydrogens (tertiary/aromatic N) is 2. The number of carbonyl (C=O) groups is 2. The van der Waals surface area contributed by atoms with Crippen molar-refractivity contribution in [2.45, 2.75) is 26.8 Å². The van der Waals surface area contributed by atoms with Gasteiger partial charge in [0.1, 0.15) is 5.76 Å². The Balaban J connectivity index is 1.83. The van der Waals surface area contributed by atoms with Gasteiger partial charge in [0.25, 0.3) is 0 Å². The summed E-state index contributed by atoms with van der Waals surface area (Å²) in [5, 5.41) is 3.00. The molecule has 1 saturated heterocycles. The summed E-state index contributed by atoms with van der Waals surface area (Å²) >= 11 is 0. The molecule has 2 amide bonds. The first kappa shape index (κ1) is 17.5. The summed E-state index contributed by atoms with van der Waals surface area (Å²) in [4.78, 5) is 28.2. The normalized spacial score (nSPS) is 18.7. The van der Waals surface area contributed by atoms with E-state index in [1.54, 1.807) is 17.2 Å². The maximum atomic E-state index is 12.3. The molecule has 0 aliphatic carbocycles. The van der Waals surface area contributed by atoms with Gasteiger partial charge < -0.3 is 19.5 Å². The lowest BCUT2D eigenvalue weighted by atomic mass is 9.92. The van der Waals surface area contributed by atoms with Crippen LogP contribution in [0.5, 0.6) is 0 Å². The summed E-state index contributed by atoms with van der Waals surface area (Å²) in [5.74, 6) is 0.445. The minimum Gasteiger partial charge on any atom is -0.467 e. The Morgan fingerprint density at radius 2 is 2.22 bits per heavy atom. The lowest BCUT2D eigenvalue weighted by molar-refractivity contribution is -0.129. The Kier molecular flexibility index (Phi) is 5.46. The number of likely N-dealkylation sites (tertiary alicyclic amines) is 1. The van der Waals surface area contributed by atoms with Gasteiger partial charge in [0, 0.05) is 26.1 Å². The Labute approximate surface area is 137 Å². The van der Waals surface area contributed by atoms with Crippen molar-refractivity contribution >= 4 is 11.8 Å². The van der Waals surface area contributed by atoms with Crippen LogP contribution in [0.1, 0.15) is 26.0 Å². The summed E-state index contributed by atoms with van der Waals surface area (Å²) < 4.78 is 5.27. The largest absolute Gasteiger partial charge is 0.467 e. The van der Waals surface area contributed by atoms with Crippen molar-refractivity contribution < 1.29 is 14.0 Å². The first-order valence-electron chi connectivity index (χ1n) is 7.99. The number of carbonyl (C=O) groups excluding carboxylic acids is 2.